The number of amides is 1. The van der Waals surface area contributed by atoms with Crippen molar-refractivity contribution in [3.8, 4) is 0 Å². The maximum absolute atomic E-state index is 11.4. The van der Waals surface area contributed by atoms with Crippen LogP contribution in [0.2, 0.25) is 0 Å². The van der Waals surface area contributed by atoms with Crippen LogP contribution in [-0.4, -0.2) is 29.0 Å². The lowest BCUT2D eigenvalue weighted by Crippen LogP contribution is -2.41. The van der Waals surface area contributed by atoms with E-state index in [1.165, 1.54) is 4.88 Å². The van der Waals surface area contributed by atoms with Gasteiger partial charge in [0.05, 0.1) is 11.3 Å². The number of hydrogen-bond acceptors (Lipinski definition) is 6. The molecule has 0 aromatic carbocycles. The van der Waals surface area contributed by atoms with Crippen LogP contribution in [0.15, 0.2) is 6.07 Å². The number of nitrogens with zero attached hydrogens (tertiary/aromatic N) is 3. The van der Waals surface area contributed by atoms with E-state index in [2.05, 4.69) is 20.9 Å². The van der Waals surface area contributed by atoms with Gasteiger partial charge in [-0.05, 0) is 25.8 Å². The van der Waals surface area contributed by atoms with E-state index in [1.54, 1.807) is 11.3 Å². The van der Waals surface area contributed by atoms with Crippen molar-refractivity contribution in [1.29, 1.82) is 0 Å². The fourth-order valence-corrected chi connectivity index (χ4v) is 3.57. The van der Waals surface area contributed by atoms with E-state index in [0.29, 0.717) is 6.54 Å². The Balaban J connectivity index is 2.02. The maximum atomic E-state index is 11.4. The Hall–Kier alpha value is -1.89. The zero-order valence-electron chi connectivity index (χ0n) is 11.3. The van der Waals surface area contributed by atoms with Crippen LogP contribution < -0.4 is 16.4 Å². The van der Waals surface area contributed by atoms with Gasteiger partial charge in [0.25, 0.3) is 0 Å². The van der Waals surface area contributed by atoms with Crippen LogP contribution in [-0.2, 0) is 4.79 Å². The Bertz CT molecular complexity index is 668. The van der Waals surface area contributed by atoms with E-state index < -0.39 is 0 Å². The molecular formula is C13H17N5OS. The normalized spacial score (nSPS) is 19.4. The molecule has 0 saturated carbocycles. The van der Waals surface area contributed by atoms with Crippen LogP contribution in [0.1, 0.15) is 17.7 Å². The zero-order valence-corrected chi connectivity index (χ0v) is 12.1. The zero-order chi connectivity index (χ0) is 14.3. The van der Waals surface area contributed by atoms with Gasteiger partial charge in [-0.2, -0.15) is 4.98 Å². The molecule has 2 aromatic heterocycles. The summed E-state index contributed by atoms with van der Waals surface area (Å²) in [5, 5.41) is 1.01. The van der Waals surface area contributed by atoms with Gasteiger partial charge < -0.3 is 16.4 Å². The van der Waals surface area contributed by atoms with Crippen LogP contribution in [0, 0.1) is 12.8 Å². The number of carbonyl (C=O) groups is 1. The molecule has 3 heterocycles. The largest absolute Gasteiger partial charge is 0.369 e. The predicted octanol–water partition coefficient (Wildman–Crippen LogP) is 1.28. The first-order valence-electron chi connectivity index (χ1n) is 6.62. The highest BCUT2D eigenvalue weighted by Crippen LogP contribution is 2.33. The second kappa shape index (κ2) is 4.90. The fraction of sp³-hybridized carbons (Fsp3) is 0.462. The summed E-state index contributed by atoms with van der Waals surface area (Å²) in [6, 6.07) is 2.07. The average Bonchev–Trinajstić information content (AvgIpc) is 2.78. The monoisotopic (exact) mass is 291 g/mol. The van der Waals surface area contributed by atoms with Crippen LogP contribution in [0.3, 0.4) is 0 Å². The molecule has 0 aliphatic carbocycles. The van der Waals surface area contributed by atoms with Crippen molar-refractivity contribution in [2.24, 2.45) is 11.7 Å². The van der Waals surface area contributed by atoms with E-state index in [0.717, 1.165) is 35.4 Å². The molecular weight excluding hydrogens is 274 g/mol. The van der Waals surface area contributed by atoms with E-state index in [1.807, 2.05) is 6.92 Å². The van der Waals surface area contributed by atoms with Gasteiger partial charge in [0.15, 0.2) is 0 Å². The summed E-state index contributed by atoms with van der Waals surface area (Å²) in [6.07, 6.45) is 1.78. The SMILES string of the molecule is Cc1cc2c(N3CCCC(C(N)=O)C3)nc(N)nc2s1. The number of primary amides is 1. The molecule has 20 heavy (non-hydrogen) atoms. The van der Waals surface area contributed by atoms with Gasteiger partial charge >= 0.3 is 0 Å². The summed E-state index contributed by atoms with van der Waals surface area (Å²) in [6.45, 7) is 3.51. The van der Waals surface area contributed by atoms with Gasteiger partial charge in [-0.25, -0.2) is 4.98 Å². The summed E-state index contributed by atoms with van der Waals surface area (Å²) in [5.74, 6) is 0.738. The van der Waals surface area contributed by atoms with Crippen molar-refractivity contribution in [3.05, 3.63) is 10.9 Å². The quantitative estimate of drug-likeness (QED) is 0.868. The van der Waals surface area contributed by atoms with Gasteiger partial charge in [0, 0.05) is 18.0 Å². The lowest BCUT2D eigenvalue weighted by molar-refractivity contribution is -0.122. The van der Waals surface area contributed by atoms with Gasteiger partial charge in [-0.3, -0.25) is 4.79 Å². The molecule has 1 unspecified atom stereocenters. The first kappa shape index (κ1) is 13.1. The number of thiophene rings is 1. The van der Waals surface area contributed by atoms with Gasteiger partial charge in [-0.15, -0.1) is 11.3 Å². The third-order valence-electron chi connectivity index (χ3n) is 3.64. The van der Waals surface area contributed by atoms with Crippen LogP contribution >= 0.6 is 11.3 Å². The number of anilines is 2. The molecule has 1 aliphatic rings. The van der Waals surface area contributed by atoms with E-state index in [4.69, 9.17) is 11.5 Å². The number of piperidine rings is 1. The standard InChI is InChI=1S/C13H17N5OS/c1-7-5-9-11(16-13(15)17-12(9)20-7)18-4-2-3-8(6-18)10(14)19/h5,8H,2-4,6H2,1H3,(H2,14,19)(H2,15,16,17). The van der Waals surface area contributed by atoms with Crippen LogP contribution in [0.5, 0.6) is 0 Å². The number of aromatic nitrogens is 2. The fourth-order valence-electron chi connectivity index (χ4n) is 2.69. The smallest absolute Gasteiger partial charge is 0.223 e. The third-order valence-corrected chi connectivity index (χ3v) is 4.58. The number of aryl methyl sites for hydroxylation is 1. The van der Waals surface area contributed by atoms with Crippen molar-refractivity contribution in [2.75, 3.05) is 23.7 Å². The van der Waals surface area contributed by atoms with Crippen LogP contribution in [0.4, 0.5) is 11.8 Å². The minimum atomic E-state index is -0.241. The Labute approximate surface area is 120 Å². The molecule has 2 aromatic rings. The van der Waals surface area contributed by atoms with Gasteiger partial charge in [0.2, 0.25) is 11.9 Å². The minimum Gasteiger partial charge on any atom is -0.369 e. The highest BCUT2D eigenvalue weighted by Gasteiger charge is 2.26. The van der Waals surface area contributed by atoms with Crippen LogP contribution in [0.25, 0.3) is 10.2 Å². The number of rotatable bonds is 2. The lowest BCUT2D eigenvalue weighted by Gasteiger charge is -2.32. The summed E-state index contributed by atoms with van der Waals surface area (Å²) in [5.41, 5.74) is 11.2. The van der Waals surface area contributed by atoms with Crippen molar-refractivity contribution in [3.63, 3.8) is 0 Å². The first-order chi connectivity index (χ1) is 9.54. The molecule has 1 atom stereocenters. The molecule has 1 amide bonds. The molecule has 3 rings (SSSR count). The maximum Gasteiger partial charge on any atom is 0.223 e. The topological polar surface area (TPSA) is 98.1 Å². The molecule has 0 bridgehead atoms. The Morgan fingerprint density at radius 1 is 1.50 bits per heavy atom. The predicted molar refractivity (Wildman–Crippen MR) is 80.7 cm³/mol. The van der Waals surface area contributed by atoms with E-state index in [-0.39, 0.29) is 17.8 Å². The van der Waals surface area contributed by atoms with Gasteiger partial charge in [-0.1, -0.05) is 0 Å². The molecule has 6 nitrogen and oxygen atoms in total. The van der Waals surface area contributed by atoms with Gasteiger partial charge in [0.1, 0.15) is 10.6 Å². The molecule has 1 saturated heterocycles. The number of fused-ring (bicyclic) bond motifs is 1. The summed E-state index contributed by atoms with van der Waals surface area (Å²) in [4.78, 5) is 24.2. The third kappa shape index (κ3) is 2.29. The second-order valence-corrected chi connectivity index (χ2v) is 6.40. The van der Waals surface area contributed by atoms with E-state index in [9.17, 15) is 4.79 Å². The lowest BCUT2D eigenvalue weighted by atomic mass is 9.97. The molecule has 7 heteroatoms. The van der Waals surface area contributed by atoms with Crippen molar-refractivity contribution < 1.29 is 4.79 Å². The first-order valence-corrected chi connectivity index (χ1v) is 7.44. The van der Waals surface area contributed by atoms with Crippen molar-refractivity contribution >= 4 is 39.2 Å². The highest BCUT2D eigenvalue weighted by atomic mass is 32.1. The van der Waals surface area contributed by atoms with E-state index >= 15 is 0 Å². The number of hydrogen-bond donors (Lipinski definition) is 2. The van der Waals surface area contributed by atoms with Crippen molar-refractivity contribution in [1.82, 2.24) is 9.97 Å². The Morgan fingerprint density at radius 2 is 2.30 bits per heavy atom. The second-order valence-electron chi connectivity index (χ2n) is 5.17. The summed E-state index contributed by atoms with van der Waals surface area (Å²) >= 11 is 1.60. The van der Waals surface area contributed by atoms with Crippen molar-refractivity contribution in [2.45, 2.75) is 19.8 Å². The molecule has 1 aliphatic heterocycles. The average molecular weight is 291 g/mol. The Morgan fingerprint density at radius 3 is 3.05 bits per heavy atom. The summed E-state index contributed by atoms with van der Waals surface area (Å²) in [7, 11) is 0. The molecule has 0 radical (unpaired) electrons. The number of nitrogens with two attached hydrogens (primary N) is 2. The molecule has 106 valence electrons. The Kier molecular flexibility index (Phi) is 3.21. The number of nitrogen functional groups attached to an aromatic ring is 1. The molecule has 1 fully saturated rings. The minimum absolute atomic E-state index is 0.116. The number of carbonyl (C=O) groups excluding carboxylic acids is 1. The molecule has 4 N–H and O–H groups in total. The molecule has 0 spiro atoms. The summed E-state index contributed by atoms with van der Waals surface area (Å²) < 4.78 is 0. The highest BCUT2D eigenvalue weighted by molar-refractivity contribution is 7.18.